The summed E-state index contributed by atoms with van der Waals surface area (Å²) in [5.41, 5.74) is 2.00. The first-order valence-corrected chi connectivity index (χ1v) is 11.1. The molecule has 2 aliphatic heterocycles. The third kappa shape index (κ3) is 5.34. The van der Waals surface area contributed by atoms with Gasteiger partial charge < -0.3 is 4.90 Å². The number of hydrogen-bond acceptors (Lipinski definition) is 5. The van der Waals surface area contributed by atoms with Gasteiger partial charge >= 0.3 is 0 Å². The molecule has 0 spiro atoms. The molecule has 3 heterocycles. The number of amides is 1. The van der Waals surface area contributed by atoms with E-state index < -0.39 is 6.04 Å². The largest absolute Gasteiger partial charge is 0.342 e. The summed E-state index contributed by atoms with van der Waals surface area (Å²) < 4.78 is 13.2. The van der Waals surface area contributed by atoms with E-state index in [9.17, 15) is 14.1 Å². The van der Waals surface area contributed by atoms with Crippen LogP contribution in [0.5, 0.6) is 0 Å². The molecule has 1 atom stereocenters. The summed E-state index contributed by atoms with van der Waals surface area (Å²) in [6.07, 6.45) is 6.91. The molecule has 1 unspecified atom stereocenters. The number of likely N-dealkylation sites (tertiary alicyclic amines) is 2. The highest BCUT2D eigenvalue weighted by Crippen LogP contribution is 2.34. The molecule has 0 radical (unpaired) electrons. The zero-order chi connectivity index (χ0) is 21.6. The fourth-order valence-corrected chi connectivity index (χ4v) is 4.86. The SMILES string of the molecule is O=NC(c1ccc(F)cc1)C1CCN(C(=O)C2CCN(Cc3ccncc3)CC2)CC1. The van der Waals surface area contributed by atoms with Crippen molar-refractivity contribution in [3.05, 3.63) is 70.6 Å². The number of nitrogens with zero attached hydrogens (tertiary/aromatic N) is 4. The Balaban J connectivity index is 1.25. The second-order valence-corrected chi connectivity index (χ2v) is 8.67. The van der Waals surface area contributed by atoms with Crippen molar-refractivity contribution in [1.29, 1.82) is 0 Å². The van der Waals surface area contributed by atoms with Crippen molar-refractivity contribution in [2.24, 2.45) is 17.0 Å². The Bertz CT molecular complexity index is 861. The highest BCUT2D eigenvalue weighted by molar-refractivity contribution is 5.79. The smallest absolute Gasteiger partial charge is 0.225 e. The predicted octanol–water partition coefficient (Wildman–Crippen LogP) is 4.18. The molecular formula is C24H29FN4O2. The summed E-state index contributed by atoms with van der Waals surface area (Å²) in [6.45, 7) is 4.08. The molecule has 2 aliphatic rings. The molecule has 1 aromatic heterocycles. The average molecular weight is 425 g/mol. The van der Waals surface area contributed by atoms with E-state index in [1.807, 2.05) is 29.4 Å². The minimum Gasteiger partial charge on any atom is -0.342 e. The van der Waals surface area contributed by atoms with Crippen LogP contribution in [0.4, 0.5) is 4.39 Å². The van der Waals surface area contributed by atoms with E-state index in [1.54, 1.807) is 12.1 Å². The van der Waals surface area contributed by atoms with Gasteiger partial charge in [0.15, 0.2) is 0 Å². The number of nitroso groups, excluding NO2 is 1. The Hall–Kier alpha value is -2.67. The molecule has 2 aromatic rings. The highest BCUT2D eigenvalue weighted by atomic mass is 19.1. The fraction of sp³-hybridized carbons (Fsp3) is 0.500. The Morgan fingerprint density at radius 3 is 2.26 bits per heavy atom. The monoisotopic (exact) mass is 424 g/mol. The van der Waals surface area contributed by atoms with Crippen molar-refractivity contribution in [1.82, 2.24) is 14.8 Å². The van der Waals surface area contributed by atoms with E-state index in [-0.39, 0.29) is 23.6 Å². The number of halogens is 1. The van der Waals surface area contributed by atoms with Crippen LogP contribution in [0.1, 0.15) is 42.9 Å². The predicted molar refractivity (Wildman–Crippen MR) is 116 cm³/mol. The van der Waals surface area contributed by atoms with Crippen molar-refractivity contribution in [2.45, 2.75) is 38.3 Å². The first kappa shape index (κ1) is 21.6. The van der Waals surface area contributed by atoms with Crippen LogP contribution in [0, 0.1) is 22.6 Å². The molecular weight excluding hydrogens is 395 g/mol. The lowest BCUT2D eigenvalue weighted by molar-refractivity contribution is -0.138. The van der Waals surface area contributed by atoms with Crippen LogP contribution >= 0.6 is 0 Å². The maximum atomic E-state index is 13.2. The van der Waals surface area contributed by atoms with Gasteiger partial charge in [0, 0.05) is 37.9 Å². The van der Waals surface area contributed by atoms with Gasteiger partial charge in [-0.25, -0.2) is 4.39 Å². The first-order chi connectivity index (χ1) is 15.1. The van der Waals surface area contributed by atoms with Gasteiger partial charge in [0.25, 0.3) is 0 Å². The molecule has 0 saturated carbocycles. The van der Waals surface area contributed by atoms with Gasteiger partial charge in [-0.2, -0.15) is 4.91 Å². The Morgan fingerprint density at radius 2 is 1.65 bits per heavy atom. The van der Waals surface area contributed by atoms with Crippen LogP contribution in [0.3, 0.4) is 0 Å². The zero-order valence-corrected chi connectivity index (χ0v) is 17.7. The van der Waals surface area contributed by atoms with E-state index in [1.165, 1.54) is 17.7 Å². The molecule has 7 heteroatoms. The molecule has 2 saturated heterocycles. The number of piperidine rings is 2. The molecule has 0 aliphatic carbocycles. The highest BCUT2D eigenvalue weighted by Gasteiger charge is 2.34. The van der Waals surface area contributed by atoms with Gasteiger partial charge in [-0.1, -0.05) is 17.3 Å². The van der Waals surface area contributed by atoms with Crippen LogP contribution in [0.25, 0.3) is 0 Å². The number of benzene rings is 1. The van der Waals surface area contributed by atoms with Crippen LogP contribution in [0.15, 0.2) is 54.0 Å². The molecule has 2 fully saturated rings. The maximum absolute atomic E-state index is 13.2. The van der Waals surface area contributed by atoms with Gasteiger partial charge in [0.05, 0.1) is 0 Å². The second-order valence-electron chi connectivity index (χ2n) is 8.67. The van der Waals surface area contributed by atoms with Crippen molar-refractivity contribution in [2.75, 3.05) is 26.2 Å². The lowest BCUT2D eigenvalue weighted by atomic mass is 9.85. The first-order valence-electron chi connectivity index (χ1n) is 11.1. The normalized spacial score (nSPS) is 19.8. The number of rotatable bonds is 6. The fourth-order valence-electron chi connectivity index (χ4n) is 4.86. The number of hydrogen-bond donors (Lipinski definition) is 0. The molecule has 0 bridgehead atoms. The summed E-state index contributed by atoms with van der Waals surface area (Å²) >= 11 is 0. The van der Waals surface area contributed by atoms with Gasteiger partial charge in [0.2, 0.25) is 5.91 Å². The molecule has 1 amide bonds. The summed E-state index contributed by atoms with van der Waals surface area (Å²) in [5.74, 6) is 0.108. The molecule has 6 nitrogen and oxygen atoms in total. The van der Waals surface area contributed by atoms with E-state index in [0.29, 0.717) is 13.1 Å². The lowest BCUT2D eigenvalue weighted by Crippen LogP contribution is -2.45. The standard InChI is InChI=1S/C24H29FN4O2/c25-22-3-1-19(2-4-22)23(27-31)20-9-15-29(16-10-20)24(30)21-7-13-28(14-8-21)17-18-5-11-26-12-6-18/h1-6,11-12,20-21,23H,7-10,13-17H2. The number of aromatic nitrogens is 1. The van der Waals surface area contributed by atoms with Crippen molar-refractivity contribution in [3.63, 3.8) is 0 Å². The van der Waals surface area contributed by atoms with Crippen molar-refractivity contribution >= 4 is 5.91 Å². The molecule has 164 valence electrons. The van der Waals surface area contributed by atoms with Gasteiger partial charge in [-0.15, -0.1) is 0 Å². The van der Waals surface area contributed by atoms with Crippen LogP contribution < -0.4 is 0 Å². The Labute approximate surface area is 182 Å². The quantitative estimate of drug-likeness (QED) is 0.653. The molecule has 0 N–H and O–H groups in total. The summed E-state index contributed by atoms with van der Waals surface area (Å²) in [7, 11) is 0. The van der Waals surface area contributed by atoms with Crippen LogP contribution in [-0.4, -0.2) is 46.9 Å². The average Bonchev–Trinajstić information content (AvgIpc) is 2.82. The van der Waals surface area contributed by atoms with E-state index >= 15 is 0 Å². The summed E-state index contributed by atoms with van der Waals surface area (Å²) in [6, 6.07) is 9.61. The minimum atomic E-state index is -0.478. The number of carbonyl (C=O) groups excluding carboxylic acids is 1. The maximum Gasteiger partial charge on any atom is 0.225 e. The lowest BCUT2D eigenvalue weighted by Gasteiger charge is -2.38. The summed E-state index contributed by atoms with van der Waals surface area (Å²) in [5, 5.41) is 3.33. The van der Waals surface area contributed by atoms with E-state index in [0.717, 1.165) is 50.9 Å². The topological polar surface area (TPSA) is 65.9 Å². The van der Waals surface area contributed by atoms with Crippen LogP contribution in [-0.2, 0) is 11.3 Å². The third-order valence-corrected chi connectivity index (χ3v) is 6.72. The third-order valence-electron chi connectivity index (χ3n) is 6.72. The molecule has 4 rings (SSSR count). The van der Waals surface area contributed by atoms with E-state index in [2.05, 4.69) is 15.1 Å². The Morgan fingerprint density at radius 1 is 1.00 bits per heavy atom. The Kier molecular flexibility index (Phi) is 7.02. The molecule has 1 aromatic carbocycles. The van der Waals surface area contributed by atoms with Gasteiger partial charge in [-0.3, -0.25) is 14.7 Å². The zero-order valence-electron chi connectivity index (χ0n) is 17.7. The van der Waals surface area contributed by atoms with Crippen molar-refractivity contribution < 1.29 is 9.18 Å². The van der Waals surface area contributed by atoms with Gasteiger partial charge in [-0.05, 0) is 80.1 Å². The number of pyridine rings is 1. The van der Waals surface area contributed by atoms with Crippen LogP contribution in [0.2, 0.25) is 0 Å². The van der Waals surface area contributed by atoms with Gasteiger partial charge in [0.1, 0.15) is 11.9 Å². The van der Waals surface area contributed by atoms with E-state index in [4.69, 9.17) is 0 Å². The molecule has 31 heavy (non-hydrogen) atoms. The second kappa shape index (κ2) is 10.1. The summed E-state index contributed by atoms with van der Waals surface area (Å²) in [4.78, 5) is 32.9. The van der Waals surface area contributed by atoms with Crippen molar-refractivity contribution in [3.8, 4) is 0 Å². The number of carbonyl (C=O) groups is 1. The minimum absolute atomic E-state index is 0.0855.